The normalized spacial score (nSPS) is 11.0. The van der Waals surface area contributed by atoms with Crippen LogP contribution in [0.25, 0.3) is 0 Å². The Balaban J connectivity index is 2.41. The smallest absolute Gasteiger partial charge is 0.231 e. The number of thioether (sulfide) groups is 2. The summed E-state index contributed by atoms with van der Waals surface area (Å²) < 4.78 is 1.42. The highest BCUT2D eigenvalue weighted by molar-refractivity contribution is 8.03. The summed E-state index contributed by atoms with van der Waals surface area (Å²) in [6.45, 7) is 6.61. The minimum Gasteiger partial charge on any atom is -0.355 e. The van der Waals surface area contributed by atoms with Crippen molar-refractivity contribution in [3.05, 3.63) is 0 Å². The fourth-order valence-corrected chi connectivity index (χ4v) is 4.50. The first-order chi connectivity index (χ1) is 12.0. The number of amides is 2. The van der Waals surface area contributed by atoms with E-state index in [0.29, 0.717) is 29.5 Å². The Kier molecular flexibility index (Phi) is 9.93. The van der Waals surface area contributed by atoms with Crippen LogP contribution < -0.4 is 10.6 Å². The predicted octanol–water partition coefficient (Wildman–Crippen LogP) is 2.56. The van der Waals surface area contributed by atoms with Crippen LogP contribution in [0.3, 0.4) is 0 Å². The number of carbonyl (C=O) groups is 2. The molecule has 1 heterocycles. The topological polar surface area (TPSA) is 84.0 Å². The molecule has 0 spiro atoms. The number of rotatable bonds is 11. The first-order valence-electron chi connectivity index (χ1n) is 8.13. The molecule has 9 heteroatoms. The predicted molar refractivity (Wildman–Crippen MR) is 105 cm³/mol. The van der Waals surface area contributed by atoms with Gasteiger partial charge < -0.3 is 10.6 Å². The van der Waals surface area contributed by atoms with Crippen molar-refractivity contribution in [2.24, 2.45) is 0 Å². The van der Waals surface area contributed by atoms with Gasteiger partial charge in [0.05, 0.1) is 11.5 Å². The van der Waals surface area contributed by atoms with E-state index in [9.17, 15) is 9.59 Å². The molecule has 6 nitrogen and oxygen atoms in total. The molecular formula is C16H24N4O2S3. The number of carbonyl (C=O) groups excluding carboxylic acids is 2. The molecule has 1 aromatic heterocycles. The van der Waals surface area contributed by atoms with Crippen molar-refractivity contribution in [2.45, 2.75) is 54.3 Å². The quantitative estimate of drug-likeness (QED) is 0.439. The Labute approximate surface area is 161 Å². The number of hydrogen-bond acceptors (Lipinski definition) is 7. The largest absolute Gasteiger partial charge is 0.355 e. The number of nitrogens with one attached hydrogen (secondary N) is 2. The number of nitrogens with zero attached hydrogens (tertiary/aromatic N) is 2. The molecule has 0 saturated carbocycles. The molecule has 0 aliphatic heterocycles. The van der Waals surface area contributed by atoms with E-state index in [2.05, 4.69) is 26.8 Å². The lowest BCUT2D eigenvalue weighted by molar-refractivity contribution is -0.120. The molecule has 25 heavy (non-hydrogen) atoms. The maximum atomic E-state index is 12.1. The van der Waals surface area contributed by atoms with Gasteiger partial charge in [-0.25, -0.2) is 0 Å². The molecule has 0 unspecified atom stereocenters. The summed E-state index contributed by atoms with van der Waals surface area (Å²) in [5.41, 5.74) is -0.578. The molecule has 0 aromatic carbocycles. The molecule has 1 rings (SSSR count). The van der Waals surface area contributed by atoms with Crippen LogP contribution in [0, 0.1) is 12.3 Å². The molecule has 0 aliphatic carbocycles. The summed E-state index contributed by atoms with van der Waals surface area (Å²) in [6, 6.07) is 0. The lowest BCUT2D eigenvalue weighted by Gasteiger charge is -2.26. The fourth-order valence-electron chi connectivity index (χ4n) is 1.85. The molecule has 0 fully saturated rings. The summed E-state index contributed by atoms with van der Waals surface area (Å²) >= 11 is 4.05. The van der Waals surface area contributed by atoms with E-state index in [1.54, 1.807) is 0 Å². The zero-order valence-corrected chi connectivity index (χ0v) is 17.2. The molecule has 0 bridgehead atoms. The Hall–Kier alpha value is -1.24. The van der Waals surface area contributed by atoms with Gasteiger partial charge in [-0.2, -0.15) is 0 Å². The molecule has 1 aromatic rings. The van der Waals surface area contributed by atoms with Crippen LogP contribution in [0.15, 0.2) is 8.68 Å². The van der Waals surface area contributed by atoms with Crippen LogP contribution in [0.4, 0.5) is 0 Å². The lowest BCUT2D eigenvalue weighted by Crippen LogP contribution is -2.47. The average molecular weight is 401 g/mol. The second-order valence-corrected chi connectivity index (χ2v) is 8.67. The number of aromatic nitrogens is 2. The Morgan fingerprint density at radius 1 is 1.12 bits per heavy atom. The van der Waals surface area contributed by atoms with E-state index in [1.807, 2.05) is 20.8 Å². The van der Waals surface area contributed by atoms with Crippen molar-refractivity contribution in [1.82, 2.24) is 20.8 Å². The van der Waals surface area contributed by atoms with Gasteiger partial charge in [0.25, 0.3) is 0 Å². The van der Waals surface area contributed by atoms with E-state index in [1.165, 1.54) is 34.9 Å². The highest BCUT2D eigenvalue weighted by Crippen LogP contribution is 2.28. The summed E-state index contributed by atoms with van der Waals surface area (Å²) in [4.78, 5) is 23.7. The van der Waals surface area contributed by atoms with Gasteiger partial charge in [-0.15, -0.1) is 16.6 Å². The lowest BCUT2D eigenvalue weighted by atomic mass is 9.94. The minimum atomic E-state index is -0.578. The molecule has 0 radical (unpaired) electrons. The van der Waals surface area contributed by atoms with Gasteiger partial charge >= 0.3 is 0 Å². The minimum absolute atomic E-state index is 0.0135. The molecule has 0 aliphatic rings. The average Bonchev–Trinajstić information content (AvgIpc) is 3.09. The van der Waals surface area contributed by atoms with E-state index in [0.717, 1.165) is 10.8 Å². The standard InChI is InChI=1S/C16H24N4O2S3/c1-5-9-17-12(21)10-23-14-19-20-15(25-14)24-11-13(22)18-16(6-2,7-3)8-4/h2H,5,7-11H2,1,3-4H3,(H,17,21)(H,18,22). The van der Waals surface area contributed by atoms with Gasteiger partial charge in [0.2, 0.25) is 11.8 Å². The second-order valence-electron chi connectivity index (χ2n) is 5.24. The van der Waals surface area contributed by atoms with Crippen LogP contribution in [-0.4, -0.2) is 45.6 Å². The van der Waals surface area contributed by atoms with E-state index in [4.69, 9.17) is 6.42 Å². The SMILES string of the molecule is C#CC(CC)(CC)NC(=O)CSc1nnc(SCC(=O)NCCC)s1. The Morgan fingerprint density at radius 2 is 1.68 bits per heavy atom. The van der Waals surface area contributed by atoms with Crippen molar-refractivity contribution in [1.29, 1.82) is 0 Å². The second kappa shape index (κ2) is 11.4. The Bertz CT molecular complexity index is 609. The van der Waals surface area contributed by atoms with Gasteiger partial charge in [0.1, 0.15) is 5.54 Å². The summed E-state index contributed by atoms with van der Waals surface area (Å²) in [5, 5.41) is 13.8. The molecule has 0 atom stereocenters. The van der Waals surface area contributed by atoms with Crippen molar-refractivity contribution in [3.8, 4) is 12.3 Å². The molecule has 2 N–H and O–H groups in total. The van der Waals surface area contributed by atoms with Crippen LogP contribution in [-0.2, 0) is 9.59 Å². The highest BCUT2D eigenvalue weighted by Gasteiger charge is 2.25. The number of hydrogen-bond donors (Lipinski definition) is 2. The first-order valence-corrected chi connectivity index (χ1v) is 10.9. The third-order valence-corrected chi connectivity index (χ3v) is 6.67. The first kappa shape index (κ1) is 21.8. The van der Waals surface area contributed by atoms with Crippen molar-refractivity contribution >= 4 is 46.7 Å². The van der Waals surface area contributed by atoms with Gasteiger partial charge in [0, 0.05) is 6.54 Å². The van der Waals surface area contributed by atoms with Gasteiger partial charge in [0.15, 0.2) is 8.68 Å². The number of terminal acetylenes is 1. The van der Waals surface area contributed by atoms with Crippen LogP contribution in [0.1, 0.15) is 40.0 Å². The van der Waals surface area contributed by atoms with Crippen molar-refractivity contribution in [2.75, 3.05) is 18.1 Å². The van der Waals surface area contributed by atoms with Crippen LogP contribution in [0.5, 0.6) is 0 Å². The molecule has 138 valence electrons. The van der Waals surface area contributed by atoms with E-state index >= 15 is 0 Å². The summed E-state index contributed by atoms with van der Waals surface area (Å²) in [5.74, 6) is 3.11. The van der Waals surface area contributed by atoms with Crippen molar-refractivity contribution < 1.29 is 9.59 Å². The zero-order valence-electron chi connectivity index (χ0n) is 14.8. The molecular weight excluding hydrogens is 376 g/mol. The molecule has 0 saturated heterocycles. The third kappa shape index (κ3) is 7.67. The third-order valence-electron chi connectivity index (χ3n) is 3.48. The fraction of sp³-hybridized carbons (Fsp3) is 0.625. The summed E-state index contributed by atoms with van der Waals surface area (Å²) in [7, 11) is 0. The maximum Gasteiger partial charge on any atom is 0.231 e. The van der Waals surface area contributed by atoms with Crippen LogP contribution in [0.2, 0.25) is 0 Å². The van der Waals surface area contributed by atoms with Crippen LogP contribution >= 0.6 is 34.9 Å². The monoisotopic (exact) mass is 400 g/mol. The molecule has 2 amide bonds. The summed E-state index contributed by atoms with van der Waals surface area (Å²) in [6.07, 6.45) is 7.84. The zero-order chi connectivity index (χ0) is 18.7. The van der Waals surface area contributed by atoms with Crippen molar-refractivity contribution in [3.63, 3.8) is 0 Å². The van der Waals surface area contributed by atoms with E-state index in [-0.39, 0.29) is 17.6 Å². The maximum absolute atomic E-state index is 12.1. The Morgan fingerprint density at radius 3 is 2.16 bits per heavy atom. The highest BCUT2D eigenvalue weighted by atomic mass is 32.2. The van der Waals surface area contributed by atoms with Gasteiger partial charge in [-0.3, -0.25) is 9.59 Å². The van der Waals surface area contributed by atoms with Gasteiger partial charge in [-0.1, -0.05) is 61.6 Å². The van der Waals surface area contributed by atoms with Gasteiger partial charge in [-0.05, 0) is 19.3 Å². The van der Waals surface area contributed by atoms with E-state index < -0.39 is 5.54 Å².